The van der Waals surface area contributed by atoms with Crippen molar-refractivity contribution in [1.82, 2.24) is 0 Å². The summed E-state index contributed by atoms with van der Waals surface area (Å²) in [5.74, 6) is -3.27. The molecule has 1 aromatic carbocycles. The van der Waals surface area contributed by atoms with Gasteiger partial charge in [0.05, 0.1) is 17.0 Å². The molecule has 1 N–H and O–H groups in total. The van der Waals surface area contributed by atoms with Crippen molar-refractivity contribution in [1.29, 1.82) is 0 Å². The van der Waals surface area contributed by atoms with Gasteiger partial charge < -0.3 is 9.94 Å². The molecule has 3 rings (SSSR count). The third-order valence-corrected chi connectivity index (χ3v) is 4.30. The van der Waals surface area contributed by atoms with E-state index in [1.165, 1.54) is 11.3 Å². The highest BCUT2D eigenvalue weighted by Gasteiger charge is 2.60. The Morgan fingerprint density at radius 1 is 1.22 bits per heavy atom. The maximum Gasteiger partial charge on any atom is 0.458 e. The van der Waals surface area contributed by atoms with Crippen molar-refractivity contribution < 1.29 is 27.9 Å². The lowest BCUT2D eigenvalue weighted by molar-refractivity contribution is -0.355. The lowest BCUT2D eigenvalue weighted by Gasteiger charge is -2.22. The molecule has 1 atom stereocenters. The molecule has 4 nitrogen and oxygen atoms in total. The first-order valence-electron chi connectivity index (χ1n) is 6.51. The molecule has 0 radical (unpaired) electrons. The van der Waals surface area contributed by atoms with Crippen LogP contribution in [0.25, 0.3) is 11.1 Å². The van der Waals surface area contributed by atoms with E-state index in [1.54, 1.807) is 30.3 Å². The highest BCUT2D eigenvalue weighted by molar-refractivity contribution is 7.12. The van der Waals surface area contributed by atoms with Gasteiger partial charge in [0.15, 0.2) is 6.29 Å². The van der Waals surface area contributed by atoms with Gasteiger partial charge in [-0.25, -0.2) is 0 Å². The molecule has 1 aliphatic heterocycles. The molecule has 0 fully saturated rings. The number of carbonyl (C=O) groups excluding carboxylic acids is 1. The Labute approximate surface area is 132 Å². The zero-order chi connectivity index (χ0) is 16.7. The quantitative estimate of drug-likeness (QED) is 0.868. The fraction of sp³-hybridized carbons (Fsp3) is 0.200. The van der Waals surface area contributed by atoms with E-state index in [0.29, 0.717) is 10.4 Å². The average molecular weight is 341 g/mol. The van der Waals surface area contributed by atoms with E-state index in [-0.39, 0.29) is 5.71 Å². The lowest BCUT2D eigenvalue weighted by atomic mass is 10.00. The summed E-state index contributed by atoms with van der Waals surface area (Å²) in [6.07, 6.45) is -4.92. The first-order valence-corrected chi connectivity index (χ1v) is 7.39. The molecule has 8 heteroatoms. The minimum absolute atomic E-state index is 0.0234. The van der Waals surface area contributed by atoms with Gasteiger partial charge in [0.25, 0.3) is 0 Å². The Balaban J connectivity index is 1.80. The fourth-order valence-electron chi connectivity index (χ4n) is 2.15. The molecule has 2 heterocycles. The summed E-state index contributed by atoms with van der Waals surface area (Å²) >= 11 is 1.31. The predicted molar refractivity (Wildman–Crippen MR) is 78.4 cm³/mol. The van der Waals surface area contributed by atoms with Gasteiger partial charge in [-0.15, -0.1) is 11.3 Å². The number of alkyl halides is 3. The van der Waals surface area contributed by atoms with Crippen LogP contribution in [0.15, 0.2) is 40.9 Å². The molecule has 0 saturated heterocycles. The van der Waals surface area contributed by atoms with Crippen molar-refractivity contribution in [2.75, 3.05) is 0 Å². The molecule has 0 aliphatic carbocycles. The SMILES string of the molecule is O=Cc1cc(-c2ccc(C3=NOC(O)(C(F)(F)F)C3)cc2)cs1. The van der Waals surface area contributed by atoms with Gasteiger partial charge in [-0.1, -0.05) is 29.4 Å². The van der Waals surface area contributed by atoms with Crippen molar-refractivity contribution in [2.24, 2.45) is 5.16 Å². The number of aldehydes is 1. The molecule has 1 aromatic heterocycles. The number of hydrogen-bond acceptors (Lipinski definition) is 5. The molecule has 0 saturated carbocycles. The number of thiophene rings is 1. The van der Waals surface area contributed by atoms with Crippen molar-refractivity contribution in [2.45, 2.75) is 18.4 Å². The van der Waals surface area contributed by atoms with Gasteiger partial charge in [0, 0.05) is 0 Å². The summed E-state index contributed by atoms with van der Waals surface area (Å²) in [4.78, 5) is 15.5. The second-order valence-corrected chi connectivity index (χ2v) is 5.96. The second-order valence-electron chi connectivity index (χ2n) is 5.02. The number of carbonyl (C=O) groups is 1. The summed E-state index contributed by atoms with van der Waals surface area (Å²) in [6, 6.07) is 8.33. The van der Waals surface area contributed by atoms with Gasteiger partial charge in [0.2, 0.25) is 0 Å². The average Bonchev–Trinajstić information content (AvgIpc) is 3.14. The van der Waals surface area contributed by atoms with E-state index in [1.807, 2.05) is 5.38 Å². The third kappa shape index (κ3) is 2.87. The van der Waals surface area contributed by atoms with Crippen LogP contribution in [0.5, 0.6) is 0 Å². The number of oxime groups is 1. The Bertz CT molecular complexity index is 767. The molecule has 0 amide bonds. The zero-order valence-corrected chi connectivity index (χ0v) is 12.3. The molecule has 1 aliphatic rings. The van der Waals surface area contributed by atoms with Crippen LogP contribution in [0.1, 0.15) is 21.7 Å². The van der Waals surface area contributed by atoms with Crippen molar-refractivity contribution in [3.63, 3.8) is 0 Å². The summed E-state index contributed by atoms with van der Waals surface area (Å²) in [5.41, 5.74) is 2.12. The number of benzene rings is 1. The van der Waals surface area contributed by atoms with Crippen LogP contribution in [0.4, 0.5) is 13.2 Å². The number of nitrogens with zero attached hydrogens (tertiary/aromatic N) is 1. The van der Waals surface area contributed by atoms with Crippen molar-refractivity contribution >= 4 is 23.3 Å². The van der Waals surface area contributed by atoms with Crippen LogP contribution in [0.3, 0.4) is 0 Å². The molecule has 0 spiro atoms. The molecule has 1 unspecified atom stereocenters. The first kappa shape index (κ1) is 15.7. The third-order valence-electron chi connectivity index (χ3n) is 3.44. The van der Waals surface area contributed by atoms with Gasteiger partial charge in [-0.3, -0.25) is 4.79 Å². The Hall–Kier alpha value is -2.19. The maximum atomic E-state index is 12.7. The van der Waals surface area contributed by atoms with Crippen LogP contribution < -0.4 is 0 Å². The summed E-state index contributed by atoms with van der Waals surface area (Å²) in [6.45, 7) is 0. The van der Waals surface area contributed by atoms with E-state index < -0.39 is 18.4 Å². The Kier molecular flexibility index (Phi) is 3.73. The van der Waals surface area contributed by atoms with Crippen LogP contribution in [-0.4, -0.2) is 29.1 Å². The smallest absolute Gasteiger partial charge is 0.350 e. The number of rotatable bonds is 3. The fourth-order valence-corrected chi connectivity index (χ4v) is 2.87. The van der Waals surface area contributed by atoms with Gasteiger partial charge in [0.1, 0.15) is 0 Å². The number of aliphatic hydroxyl groups is 1. The number of hydrogen-bond donors (Lipinski definition) is 1. The number of halogens is 3. The topological polar surface area (TPSA) is 58.9 Å². The predicted octanol–water partition coefficient (Wildman–Crippen LogP) is 3.60. The van der Waals surface area contributed by atoms with Crippen LogP contribution in [0, 0.1) is 0 Å². The zero-order valence-electron chi connectivity index (χ0n) is 11.5. The Morgan fingerprint density at radius 3 is 2.39 bits per heavy atom. The van der Waals surface area contributed by atoms with E-state index in [0.717, 1.165) is 17.4 Å². The van der Waals surface area contributed by atoms with E-state index >= 15 is 0 Å². The summed E-state index contributed by atoms with van der Waals surface area (Å²) in [7, 11) is 0. The largest absolute Gasteiger partial charge is 0.458 e. The van der Waals surface area contributed by atoms with E-state index in [4.69, 9.17) is 0 Å². The summed E-state index contributed by atoms with van der Waals surface area (Å²) < 4.78 is 38.0. The molecule has 23 heavy (non-hydrogen) atoms. The van der Waals surface area contributed by atoms with E-state index in [9.17, 15) is 23.1 Å². The molecular weight excluding hydrogens is 331 g/mol. The molecule has 0 bridgehead atoms. The van der Waals surface area contributed by atoms with Gasteiger partial charge >= 0.3 is 12.0 Å². The highest BCUT2D eigenvalue weighted by Crippen LogP contribution is 2.39. The van der Waals surface area contributed by atoms with Gasteiger partial charge in [-0.2, -0.15) is 13.2 Å². The lowest BCUT2D eigenvalue weighted by Crippen LogP contribution is -2.45. The highest BCUT2D eigenvalue weighted by atomic mass is 32.1. The molecule has 120 valence electrons. The maximum absolute atomic E-state index is 12.7. The van der Waals surface area contributed by atoms with Crippen molar-refractivity contribution in [3.8, 4) is 11.1 Å². The standard InChI is InChI=1S/C15H10F3NO3S/c16-15(17,18)14(21)6-13(19-22-14)10-3-1-9(2-4-10)11-5-12(7-20)23-8-11/h1-5,7-8,21H,6H2. The minimum Gasteiger partial charge on any atom is -0.350 e. The van der Waals surface area contributed by atoms with Gasteiger partial charge in [-0.05, 0) is 28.1 Å². The van der Waals surface area contributed by atoms with Crippen molar-refractivity contribution in [3.05, 3.63) is 46.2 Å². The first-order chi connectivity index (χ1) is 10.8. The monoisotopic (exact) mass is 341 g/mol. The van der Waals surface area contributed by atoms with Crippen LogP contribution >= 0.6 is 11.3 Å². The normalized spacial score (nSPS) is 21.0. The Morgan fingerprint density at radius 2 is 1.87 bits per heavy atom. The molecular formula is C15H10F3NO3S. The second kappa shape index (κ2) is 5.47. The molecule has 2 aromatic rings. The van der Waals surface area contributed by atoms with Crippen LogP contribution in [-0.2, 0) is 4.84 Å². The minimum atomic E-state index is -4.92. The van der Waals surface area contributed by atoms with Crippen LogP contribution in [0.2, 0.25) is 0 Å². The summed E-state index contributed by atoms with van der Waals surface area (Å²) in [5, 5.41) is 14.6. The van der Waals surface area contributed by atoms with E-state index in [2.05, 4.69) is 9.99 Å².